The molecule has 2 atom stereocenters. The second kappa shape index (κ2) is 4.88. The van der Waals surface area contributed by atoms with E-state index in [-0.39, 0.29) is 17.5 Å². The molecule has 3 heteroatoms. The number of carbonyl (C=O) groups is 1. The highest BCUT2D eigenvalue weighted by molar-refractivity contribution is 6.00. The minimum atomic E-state index is -0.355. The Hall–Kier alpha value is -1.35. The summed E-state index contributed by atoms with van der Waals surface area (Å²) in [5, 5.41) is 0. The van der Waals surface area contributed by atoms with Crippen LogP contribution in [0.1, 0.15) is 49.0 Å². The van der Waals surface area contributed by atoms with Crippen LogP contribution >= 0.6 is 0 Å². The fourth-order valence-electron chi connectivity index (χ4n) is 3.21. The van der Waals surface area contributed by atoms with E-state index in [4.69, 9.17) is 9.47 Å². The summed E-state index contributed by atoms with van der Waals surface area (Å²) in [6.45, 7) is 7.00. The smallest absolute Gasteiger partial charge is 0.170 e. The molecule has 2 unspecified atom stereocenters. The molecule has 1 saturated heterocycles. The van der Waals surface area contributed by atoms with Gasteiger partial charge in [-0.3, -0.25) is 4.79 Å². The van der Waals surface area contributed by atoms with E-state index in [2.05, 4.69) is 13.8 Å². The molecule has 20 heavy (non-hydrogen) atoms. The summed E-state index contributed by atoms with van der Waals surface area (Å²) in [5.74, 6) is 1.40. The third-order valence-electron chi connectivity index (χ3n) is 4.45. The van der Waals surface area contributed by atoms with Crippen LogP contribution in [0.3, 0.4) is 0 Å². The minimum Gasteiger partial charge on any atom is -0.486 e. The van der Waals surface area contributed by atoms with Crippen LogP contribution in [0.2, 0.25) is 0 Å². The minimum absolute atomic E-state index is 0.184. The Morgan fingerprint density at radius 2 is 2.15 bits per heavy atom. The third kappa shape index (κ3) is 2.35. The Labute approximate surface area is 120 Å². The van der Waals surface area contributed by atoms with Gasteiger partial charge in [-0.05, 0) is 25.0 Å². The number of fused-ring (bicyclic) bond motifs is 1. The highest BCUT2D eigenvalue weighted by atomic mass is 16.5. The number of ether oxygens (including phenoxy) is 2. The average molecular weight is 274 g/mol. The quantitative estimate of drug-likeness (QED) is 0.786. The number of rotatable bonds is 1. The van der Waals surface area contributed by atoms with Crippen molar-refractivity contribution < 1.29 is 14.3 Å². The number of benzene rings is 1. The maximum Gasteiger partial charge on any atom is 0.170 e. The summed E-state index contributed by atoms with van der Waals surface area (Å²) in [5.41, 5.74) is 1.49. The summed E-state index contributed by atoms with van der Waals surface area (Å²) >= 11 is 0. The van der Waals surface area contributed by atoms with E-state index in [0.717, 1.165) is 29.7 Å². The molecular weight excluding hydrogens is 252 g/mol. The molecule has 0 bridgehead atoms. The summed E-state index contributed by atoms with van der Waals surface area (Å²) in [6.07, 6.45) is 2.28. The molecular formula is C17H22O3. The number of hydrogen-bond acceptors (Lipinski definition) is 3. The van der Waals surface area contributed by atoms with Crippen LogP contribution in [0.5, 0.6) is 5.75 Å². The largest absolute Gasteiger partial charge is 0.486 e. The first-order valence-corrected chi connectivity index (χ1v) is 7.44. The molecule has 1 aromatic rings. The highest BCUT2D eigenvalue weighted by Crippen LogP contribution is 2.41. The molecule has 0 aliphatic carbocycles. The molecule has 2 heterocycles. The zero-order valence-electron chi connectivity index (χ0n) is 12.4. The van der Waals surface area contributed by atoms with Gasteiger partial charge < -0.3 is 9.47 Å². The van der Waals surface area contributed by atoms with Crippen LogP contribution in [-0.2, 0) is 4.74 Å². The Kier molecular flexibility index (Phi) is 3.33. The van der Waals surface area contributed by atoms with E-state index in [1.807, 2.05) is 25.1 Å². The second-order valence-corrected chi connectivity index (χ2v) is 6.49. The van der Waals surface area contributed by atoms with Crippen LogP contribution in [0.25, 0.3) is 0 Å². The van der Waals surface area contributed by atoms with Gasteiger partial charge in [0, 0.05) is 12.8 Å². The summed E-state index contributed by atoms with van der Waals surface area (Å²) < 4.78 is 12.1. The van der Waals surface area contributed by atoms with Crippen LogP contribution in [0.4, 0.5) is 0 Å². The van der Waals surface area contributed by atoms with Crippen LogP contribution in [-0.4, -0.2) is 24.1 Å². The highest BCUT2D eigenvalue weighted by Gasteiger charge is 2.45. The Morgan fingerprint density at radius 1 is 1.35 bits per heavy atom. The zero-order valence-corrected chi connectivity index (χ0v) is 12.4. The van der Waals surface area contributed by atoms with Crippen molar-refractivity contribution in [3.8, 4) is 5.75 Å². The van der Waals surface area contributed by atoms with Gasteiger partial charge in [0.05, 0.1) is 24.7 Å². The number of hydrogen-bond donors (Lipinski definition) is 0. The van der Waals surface area contributed by atoms with Crippen LogP contribution in [0, 0.1) is 12.8 Å². The lowest BCUT2D eigenvalue weighted by Gasteiger charge is -2.44. The predicted molar refractivity (Wildman–Crippen MR) is 77.3 cm³/mol. The third-order valence-corrected chi connectivity index (χ3v) is 4.45. The van der Waals surface area contributed by atoms with Crippen molar-refractivity contribution >= 4 is 5.78 Å². The summed E-state index contributed by atoms with van der Waals surface area (Å²) in [7, 11) is 0. The predicted octanol–water partition coefficient (Wildman–Crippen LogP) is 3.53. The average Bonchev–Trinajstić information content (AvgIpc) is 2.40. The van der Waals surface area contributed by atoms with Gasteiger partial charge in [0.25, 0.3) is 0 Å². The maximum atomic E-state index is 12.5. The molecule has 108 valence electrons. The van der Waals surface area contributed by atoms with E-state index in [1.165, 1.54) is 0 Å². The SMILES string of the molecule is Cc1ccc2c(c1)C(=O)CC1(CCOC(C(C)C)C1)O2. The van der Waals surface area contributed by atoms with Gasteiger partial charge in [0.1, 0.15) is 11.4 Å². The molecule has 3 nitrogen and oxygen atoms in total. The molecule has 0 radical (unpaired) electrons. The van der Waals surface area contributed by atoms with Crippen LogP contribution in [0.15, 0.2) is 18.2 Å². The number of Topliss-reactive ketones (excluding diaryl/α,β-unsaturated/α-hetero) is 1. The zero-order chi connectivity index (χ0) is 14.3. The van der Waals surface area contributed by atoms with E-state index < -0.39 is 0 Å². The fourth-order valence-corrected chi connectivity index (χ4v) is 3.21. The normalized spacial score (nSPS) is 29.4. The molecule has 2 aliphatic rings. The summed E-state index contributed by atoms with van der Waals surface area (Å²) in [6, 6.07) is 5.87. The van der Waals surface area contributed by atoms with Gasteiger partial charge in [0.15, 0.2) is 5.78 Å². The molecule has 0 aromatic heterocycles. The molecule has 1 fully saturated rings. The van der Waals surface area contributed by atoms with E-state index in [9.17, 15) is 4.79 Å². The van der Waals surface area contributed by atoms with Crippen molar-refractivity contribution in [3.05, 3.63) is 29.3 Å². The maximum absolute atomic E-state index is 12.5. The van der Waals surface area contributed by atoms with E-state index in [1.54, 1.807) is 0 Å². The lowest BCUT2D eigenvalue weighted by molar-refractivity contribution is -0.106. The first-order valence-electron chi connectivity index (χ1n) is 7.44. The molecule has 1 aromatic carbocycles. The molecule has 0 saturated carbocycles. The van der Waals surface area contributed by atoms with Gasteiger partial charge >= 0.3 is 0 Å². The molecule has 3 rings (SSSR count). The first kappa shape index (κ1) is 13.6. The summed E-state index contributed by atoms with van der Waals surface area (Å²) in [4.78, 5) is 12.5. The van der Waals surface area contributed by atoms with Gasteiger partial charge in [-0.25, -0.2) is 0 Å². The lowest BCUT2D eigenvalue weighted by atomic mass is 9.79. The fraction of sp³-hybridized carbons (Fsp3) is 0.588. The number of aryl methyl sites for hydroxylation is 1. The second-order valence-electron chi connectivity index (χ2n) is 6.49. The van der Waals surface area contributed by atoms with E-state index in [0.29, 0.717) is 18.9 Å². The monoisotopic (exact) mass is 274 g/mol. The Balaban J connectivity index is 1.90. The van der Waals surface area contributed by atoms with Crippen molar-refractivity contribution in [2.24, 2.45) is 5.92 Å². The van der Waals surface area contributed by atoms with Crippen LogP contribution < -0.4 is 4.74 Å². The topological polar surface area (TPSA) is 35.5 Å². The van der Waals surface area contributed by atoms with Gasteiger partial charge in [-0.2, -0.15) is 0 Å². The van der Waals surface area contributed by atoms with Gasteiger partial charge in [-0.1, -0.05) is 25.5 Å². The molecule has 0 N–H and O–H groups in total. The van der Waals surface area contributed by atoms with Crippen molar-refractivity contribution in [3.63, 3.8) is 0 Å². The molecule has 0 amide bonds. The van der Waals surface area contributed by atoms with Crippen molar-refractivity contribution in [1.29, 1.82) is 0 Å². The molecule has 1 spiro atoms. The molecule has 2 aliphatic heterocycles. The standard InChI is InChI=1S/C17H22O3/c1-11(2)16-10-17(6-7-19-16)9-14(18)13-8-12(3)4-5-15(13)20-17/h4-5,8,11,16H,6-7,9-10H2,1-3H3. The van der Waals surface area contributed by atoms with Crippen molar-refractivity contribution in [1.82, 2.24) is 0 Å². The van der Waals surface area contributed by atoms with Crippen molar-refractivity contribution in [2.75, 3.05) is 6.61 Å². The first-order chi connectivity index (χ1) is 9.49. The van der Waals surface area contributed by atoms with Crippen molar-refractivity contribution in [2.45, 2.75) is 51.7 Å². The van der Waals surface area contributed by atoms with Gasteiger partial charge in [-0.15, -0.1) is 0 Å². The lowest BCUT2D eigenvalue weighted by Crippen LogP contribution is -2.50. The Morgan fingerprint density at radius 3 is 2.90 bits per heavy atom. The van der Waals surface area contributed by atoms with Gasteiger partial charge in [0.2, 0.25) is 0 Å². The number of carbonyl (C=O) groups excluding carboxylic acids is 1. The Bertz CT molecular complexity index is 535. The van der Waals surface area contributed by atoms with E-state index >= 15 is 0 Å². The number of ketones is 1.